The van der Waals surface area contributed by atoms with Gasteiger partial charge in [-0.15, -0.1) is 0 Å². The molecule has 160 valence electrons. The molecule has 0 unspecified atom stereocenters. The summed E-state index contributed by atoms with van der Waals surface area (Å²) >= 11 is 0. The first-order chi connectivity index (χ1) is 14.9. The molecule has 0 fully saturated rings. The molecule has 0 radical (unpaired) electrons. The molecule has 0 atom stereocenters. The van der Waals surface area contributed by atoms with E-state index in [1.165, 1.54) is 25.5 Å². The molecule has 0 aliphatic heterocycles. The van der Waals surface area contributed by atoms with Gasteiger partial charge in [-0.2, -0.15) is 13.5 Å². The average Bonchev–Trinajstić information content (AvgIpc) is 2.78. The Hall–Kier alpha value is -3.65. The van der Waals surface area contributed by atoms with Gasteiger partial charge in [-0.1, -0.05) is 42.0 Å². The minimum absolute atomic E-state index is 0.134. The molecule has 0 bridgehead atoms. The number of hydrogen-bond donors (Lipinski definition) is 1. The van der Waals surface area contributed by atoms with Crippen LogP contribution in [0.5, 0.6) is 5.75 Å². The smallest absolute Gasteiger partial charge is 0.337 e. The Balaban J connectivity index is 1.66. The molecule has 0 aliphatic carbocycles. The van der Waals surface area contributed by atoms with E-state index >= 15 is 0 Å². The lowest BCUT2D eigenvalue weighted by atomic mass is 10.1. The van der Waals surface area contributed by atoms with Gasteiger partial charge in [0.05, 0.1) is 23.8 Å². The summed E-state index contributed by atoms with van der Waals surface area (Å²) in [6.45, 7) is 2.15. The van der Waals surface area contributed by atoms with Crippen LogP contribution in [0.25, 0.3) is 0 Å². The molecule has 3 rings (SSSR count). The van der Waals surface area contributed by atoms with Crippen LogP contribution in [-0.2, 0) is 21.4 Å². The van der Waals surface area contributed by atoms with Crippen molar-refractivity contribution < 1.29 is 22.7 Å². The highest BCUT2D eigenvalue weighted by molar-refractivity contribution is 7.89. The summed E-state index contributed by atoms with van der Waals surface area (Å²) in [5.74, 6) is 0.139. The second-order valence-electron chi connectivity index (χ2n) is 6.68. The lowest BCUT2D eigenvalue weighted by Gasteiger charge is -2.09. The highest BCUT2D eigenvalue weighted by atomic mass is 32.2. The lowest BCUT2D eigenvalue weighted by molar-refractivity contribution is 0.0600. The zero-order valence-electron chi connectivity index (χ0n) is 17.1. The molecule has 0 saturated carbocycles. The van der Waals surface area contributed by atoms with Crippen LogP contribution in [0.1, 0.15) is 27.0 Å². The molecule has 0 aliphatic rings. The maximum atomic E-state index is 12.3. The van der Waals surface area contributed by atoms with Crippen molar-refractivity contribution in [3.63, 3.8) is 0 Å². The predicted molar refractivity (Wildman–Crippen MR) is 118 cm³/mol. The van der Waals surface area contributed by atoms with Gasteiger partial charge in [0.25, 0.3) is 10.0 Å². The van der Waals surface area contributed by atoms with Gasteiger partial charge in [0.1, 0.15) is 12.4 Å². The Labute approximate surface area is 181 Å². The van der Waals surface area contributed by atoms with Crippen molar-refractivity contribution in [2.75, 3.05) is 7.11 Å². The third kappa shape index (κ3) is 5.93. The molecular formula is C23H22N2O5S. The highest BCUT2D eigenvalue weighted by Gasteiger charge is 2.12. The summed E-state index contributed by atoms with van der Waals surface area (Å²) < 4.78 is 35.2. The number of carbonyl (C=O) groups excluding carboxylic acids is 1. The topological polar surface area (TPSA) is 94.1 Å². The number of carbonyl (C=O) groups is 1. The number of aryl methyl sites for hydroxylation is 1. The van der Waals surface area contributed by atoms with Crippen LogP contribution in [0.15, 0.2) is 82.8 Å². The third-order valence-electron chi connectivity index (χ3n) is 4.40. The fourth-order valence-corrected chi connectivity index (χ4v) is 3.46. The Morgan fingerprint density at radius 1 is 1.00 bits per heavy atom. The summed E-state index contributed by atoms with van der Waals surface area (Å²) in [5, 5.41) is 3.87. The van der Waals surface area contributed by atoms with Crippen LogP contribution < -0.4 is 9.57 Å². The van der Waals surface area contributed by atoms with Crippen molar-refractivity contribution in [3.8, 4) is 5.75 Å². The maximum absolute atomic E-state index is 12.3. The van der Waals surface area contributed by atoms with E-state index < -0.39 is 16.0 Å². The van der Waals surface area contributed by atoms with Gasteiger partial charge in [0.15, 0.2) is 0 Å². The van der Waals surface area contributed by atoms with Crippen molar-refractivity contribution >= 4 is 22.2 Å². The first-order valence-electron chi connectivity index (χ1n) is 9.39. The SMILES string of the molecule is COC(=O)c1ccc(COc2ccccc2C=NNS(=O)(=O)c2ccc(C)cc2)cc1. The van der Waals surface area contributed by atoms with Crippen LogP contribution in [0, 0.1) is 6.92 Å². The zero-order valence-corrected chi connectivity index (χ0v) is 17.9. The summed E-state index contributed by atoms with van der Waals surface area (Å²) in [7, 11) is -2.42. The van der Waals surface area contributed by atoms with E-state index in [1.807, 2.05) is 13.0 Å². The fraction of sp³-hybridized carbons (Fsp3) is 0.130. The number of rotatable bonds is 8. The lowest BCUT2D eigenvalue weighted by Crippen LogP contribution is -2.18. The van der Waals surface area contributed by atoms with Crippen molar-refractivity contribution in [2.45, 2.75) is 18.4 Å². The molecule has 0 aromatic heterocycles. The Kier molecular flexibility index (Phi) is 7.04. The predicted octanol–water partition coefficient (Wildman–Crippen LogP) is 3.67. The summed E-state index contributed by atoms with van der Waals surface area (Å²) in [4.78, 5) is 13.9. The van der Waals surface area contributed by atoms with Crippen LogP contribution >= 0.6 is 0 Å². The Morgan fingerprint density at radius 3 is 2.35 bits per heavy atom. The van der Waals surface area contributed by atoms with Crippen molar-refractivity contribution in [1.29, 1.82) is 0 Å². The minimum Gasteiger partial charge on any atom is -0.488 e. The van der Waals surface area contributed by atoms with Gasteiger partial charge in [0, 0.05) is 5.56 Å². The van der Waals surface area contributed by atoms with Crippen LogP contribution in [0.2, 0.25) is 0 Å². The molecule has 0 amide bonds. The van der Waals surface area contributed by atoms with E-state index in [1.54, 1.807) is 54.6 Å². The number of esters is 1. The molecule has 3 aromatic rings. The summed E-state index contributed by atoms with van der Waals surface area (Å²) in [6.07, 6.45) is 1.39. The number of ether oxygens (including phenoxy) is 2. The number of methoxy groups -OCH3 is 1. The van der Waals surface area contributed by atoms with E-state index in [4.69, 9.17) is 4.74 Å². The zero-order chi connectivity index (χ0) is 22.3. The average molecular weight is 439 g/mol. The van der Waals surface area contributed by atoms with Gasteiger partial charge in [0.2, 0.25) is 0 Å². The number of benzene rings is 3. The second-order valence-corrected chi connectivity index (χ2v) is 8.34. The fourth-order valence-electron chi connectivity index (χ4n) is 2.67. The number of hydrogen-bond acceptors (Lipinski definition) is 6. The van der Waals surface area contributed by atoms with Crippen LogP contribution in [-0.4, -0.2) is 27.7 Å². The van der Waals surface area contributed by atoms with Gasteiger partial charge in [-0.05, 0) is 48.9 Å². The largest absolute Gasteiger partial charge is 0.488 e. The summed E-state index contributed by atoms with van der Waals surface area (Å²) in [6, 6.07) is 20.5. The Morgan fingerprint density at radius 2 is 1.68 bits per heavy atom. The molecule has 8 heteroatoms. The van der Waals surface area contributed by atoms with E-state index in [-0.39, 0.29) is 11.5 Å². The van der Waals surface area contributed by atoms with Gasteiger partial charge < -0.3 is 9.47 Å². The normalized spacial score (nSPS) is 11.3. The molecular weight excluding hydrogens is 416 g/mol. The number of nitrogens with zero attached hydrogens (tertiary/aromatic N) is 1. The molecule has 0 heterocycles. The first-order valence-corrected chi connectivity index (χ1v) is 10.9. The molecule has 3 aromatic carbocycles. The number of para-hydroxylation sites is 1. The molecule has 0 saturated heterocycles. The van der Waals surface area contributed by atoms with E-state index in [0.29, 0.717) is 16.9 Å². The van der Waals surface area contributed by atoms with Crippen molar-refractivity contribution in [1.82, 2.24) is 4.83 Å². The summed E-state index contributed by atoms with van der Waals surface area (Å²) in [5.41, 5.74) is 2.90. The minimum atomic E-state index is -3.76. The monoisotopic (exact) mass is 438 g/mol. The van der Waals surface area contributed by atoms with Crippen LogP contribution in [0.3, 0.4) is 0 Å². The molecule has 1 N–H and O–H groups in total. The number of nitrogens with one attached hydrogen (secondary N) is 1. The highest BCUT2D eigenvalue weighted by Crippen LogP contribution is 2.18. The van der Waals surface area contributed by atoms with Gasteiger partial charge in [-0.3, -0.25) is 0 Å². The Bertz CT molecular complexity index is 1170. The van der Waals surface area contributed by atoms with Crippen molar-refractivity contribution in [3.05, 3.63) is 95.1 Å². The molecule has 7 nitrogen and oxygen atoms in total. The van der Waals surface area contributed by atoms with E-state index in [0.717, 1.165) is 11.1 Å². The third-order valence-corrected chi connectivity index (χ3v) is 5.63. The van der Waals surface area contributed by atoms with E-state index in [2.05, 4.69) is 14.7 Å². The quantitative estimate of drug-likeness (QED) is 0.329. The second kappa shape index (κ2) is 9.90. The number of sulfonamides is 1. The van der Waals surface area contributed by atoms with Gasteiger partial charge >= 0.3 is 5.97 Å². The maximum Gasteiger partial charge on any atom is 0.337 e. The standard InChI is InChI=1S/C23H22N2O5S/c1-17-7-13-21(14-8-17)31(27,28)25-24-15-20-5-3-4-6-22(20)30-16-18-9-11-19(12-10-18)23(26)29-2/h3-15,25H,16H2,1-2H3. The first kappa shape index (κ1) is 22.0. The number of hydrazone groups is 1. The molecule has 0 spiro atoms. The van der Waals surface area contributed by atoms with Crippen LogP contribution in [0.4, 0.5) is 0 Å². The van der Waals surface area contributed by atoms with E-state index in [9.17, 15) is 13.2 Å². The molecule has 31 heavy (non-hydrogen) atoms. The van der Waals surface area contributed by atoms with Gasteiger partial charge in [-0.25, -0.2) is 9.63 Å². The van der Waals surface area contributed by atoms with Crippen molar-refractivity contribution in [2.24, 2.45) is 5.10 Å².